The zero-order valence-electron chi connectivity index (χ0n) is 12.1. The molecule has 1 saturated heterocycles. The van der Waals surface area contributed by atoms with Crippen LogP contribution in [0.25, 0.3) is 10.2 Å². The molecule has 3 rings (SSSR count). The zero-order chi connectivity index (χ0) is 15.7. The van der Waals surface area contributed by atoms with Crippen molar-refractivity contribution in [1.29, 1.82) is 0 Å². The van der Waals surface area contributed by atoms with Crippen molar-refractivity contribution in [3.8, 4) is 0 Å². The quantitative estimate of drug-likeness (QED) is 0.784. The van der Waals surface area contributed by atoms with E-state index < -0.39 is 9.84 Å². The second-order valence-corrected chi connectivity index (χ2v) is 9.78. The fourth-order valence-corrected chi connectivity index (χ4v) is 6.19. The van der Waals surface area contributed by atoms with Crippen LogP contribution in [-0.4, -0.2) is 54.6 Å². The van der Waals surface area contributed by atoms with Gasteiger partial charge < -0.3 is 4.90 Å². The molecule has 8 heteroatoms. The van der Waals surface area contributed by atoms with E-state index >= 15 is 0 Å². The molecule has 5 nitrogen and oxygen atoms in total. The lowest BCUT2D eigenvalue weighted by molar-refractivity contribution is -0.128. The number of thioether (sulfide) groups is 1. The summed E-state index contributed by atoms with van der Waals surface area (Å²) in [4.78, 5) is 18.3. The summed E-state index contributed by atoms with van der Waals surface area (Å²) < 4.78 is 25.0. The number of carbonyl (C=O) groups excluding carboxylic acids is 1. The summed E-state index contributed by atoms with van der Waals surface area (Å²) in [5.41, 5.74) is 0.942. The molecule has 1 fully saturated rings. The number of nitrogens with zero attached hydrogens (tertiary/aromatic N) is 2. The van der Waals surface area contributed by atoms with Crippen molar-refractivity contribution in [3.63, 3.8) is 0 Å². The van der Waals surface area contributed by atoms with Crippen LogP contribution >= 0.6 is 23.1 Å². The van der Waals surface area contributed by atoms with Crippen molar-refractivity contribution in [2.45, 2.75) is 16.8 Å². The standard InChI is InChI=1S/C14H16N2O3S3/c1-16(10-6-7-22(18,19)9-10)13(17)8-20-14-15-11-4-2-3-5-12(11)21-14/h2-5,10H,6-9H2,1H3/t10-/m1/s1. The average Bonchev–Trinajstić information content (AvgIpc) is 3.06. The van der Waals surface area contributed by atoms with Crippen LogP contribution in [-0.2, 0) is 14.6 Å². The molecule has 1 atom stereocenters. The van der Waals surface area contributed by atoms with E-state index in [1.807, 2.05) is 24.3 Å². The topological polar surface area (TPSA) is 67.3 Å². The highest BCUT2D eigenvalue weighted by Gasteiger charge is 2.32. The fourth-order valence-electron chi connectivity index (χ4n) is 2.42. The van der Waals surface area contributed by atoms with Gasteiger partial charge in [-0.1, -0.05) is 23.9 Å². The predicted octanol–water partition coefficient (Wildman–Crippen LogP) is 2.03. The normalized spacial score (nSPS) is 20.3. The van der Waals surface area contributed by atoms with E-state index in [9.17, 15) is 13.2 Å². The minimum absolute atomic E-state index is 0.0497. The molecular weight excluding hydrogens is 340 g/mol. The zero-order valence-corrected chi connectivity index (χ0v) is 14.5. The molecule has 0 radical (unpaired) electrons. The maximum absolute atomic E-state index is 12.2. The number of para-hydroxylation sites is 1. The average molecular weight is 356 g/mol. The Morgan fingerprint density at radius 2 is 2.23 bits per heavy atom. The second kappa shape index (κ2) is 6.17. The first kappa shape index (κ1) is 15.8. The smallest absolute Gasteiger partial charge is 0.233 e. The largest absolute Gasteiger partial charge is 0.341 e. The summed E-state index contributed by atoms with van der Waals surface area (Å²) in [5.74, 6) is 0.500. The number of hydrogen-bond donors (Lipinski definition) is 0. The van der Waals surface area contributed by atoms with E-state index in [0.717, 1.165) is 14.6 Å². The number of carbonyl (C=O) groups is 1. The van der Waals surface area contributed by atoms with Gasteiger partial charge in [0.25, 0.3) is 0 Å². The number of hydrogen-bond acceptors (Lipinski definition) is 6. The number of sulfone groups is 1. The molecule has 2 aromatic rings. The third-order valence-corrected chi connectivity index (χ3v) is 7.66. The fraction of sp³-hybridized carbons (Fsp3) is 0.429. The molecule has 22 heavy (non-hydrogen) atoms. The number of amides is 1. The lowest BCUT2D eigenvalue weighted by Gasteiger charge is -2.22. The van der Waals surface area contributed by atoms with Gasteiger partial charge in [0.1, 0.15) is 0 Å². The molecule has 0 spiro atoms. The first-order valence-electron chi connectivity index (χ1n) is 6.89. The van der Waals surface area contributed by atoms with E-state index in [0.29, 0.717) is 6.42 Å². The molecule has 2 heterocycles. The monoisotopic (exact) mass is 356 g/mol. The highest BCUT2D eigenvalue weighted by molar-refractivity contribution is 8.01. The minimum atomic E-state index is -2.97. The van der Waals surface area contributed by atoms with Gasteiger partial charge in [0.05, 0.1) is 27.5 Å². The molecule has 0 saturated carbocycles. The minimum Gasteiger partial charge on any atom is -0.341 e. The van der Waals surface area contributed by atoms with Gasteiger partial charge >= 0.3 is 0 Å². The Bertz CT molecular complexity index is 768. The van der Waals surface area contributed by atoms with Gasteiger partial charge in [-0.2, -0.15) is 0 Å². The predicted molar refractivity (Wildman–Crippen MR) is 90.2 cm³/mol. The number of rotatable bonds is 4. The van der Waals surface area contributed by atoms with Crippen molar-refractivity contribution in [3.05, 3.63) is 24.3 Å². The second-order valence-electron chi connectivity index (χ2n) is 5.30. The molecule has 1 aliphatic heterocycles. The molecule has 0 unspecified atom stereocenters. The van der Waals surface area contributed by atoms with Crippen LogP contribution < -0.4 is 0 Å². The van der Waals surface area contributed by atoms with E-state index in [2.05, 4.69) is 4.98 Å². The van der Waals surface area contributed by atoms with Crippen molar-refractivity contribution in [1.82, 2.24) is 9.88 Å². The Labute approximate surface area is 137 Å². The molecule has 0 aliphatic carbocycles. The van der Waals surface area contributed by atoms with Crippen LogP contribution in [0.1, 0.15) is 6.42 Å². The van der Waals surface area contributed by atoms with E-state index in [1.54, 1.807) is 23.3 Å². The van der Waals surface area contributed by atoms with Gasteiger partial charge in [-0.3, -0.25) is 4.79 Å². The van der Waals surface area contributed by atoms with Crippen LogP contribution in [0.5, 0.6) is 0 Å². The first-order valence-corrected chi connectivity index (χ1v) is 10.5. The Morgan fingerprint density at radius 1 is 1.45 bits per heavy atom. The van der Waals surface area contributed by atoms with Crippen LogP contribution in [0.15, 0.2) is 28.6 Å². The van der Waals surface area contributed by atoms with Gasteiger partial charge in [0.15, 0.2) is 14.2 Å². The highest BCUT2D eigenvalue weighted by atomic mass is 32.2. The van der Waals surface area contributed by atoms with E-state index in [4.69, 9.17) is 0 Å². The number of aromatic nitrogens is 1. The van der Waals surface area contributed by atoms with Crippen LogP contribution in [0, 0.1) is 0 Å². The maximum Gasteiger partial charge on any atom is 0.233 e. The van der Waals surface area contributed by atoms with E-state index in [-0.39, 0.29) is 29.2 Å². The third kappa shape index (κ3) is 3.44. The summed E-state index contributed by atoms with van der Waals surface area (Å²) in [6.45, 7) is 0. The maximum atomic E-state index is 12.2. The lowest BCUT2D eigenvalue weighted by atomic mass is 10.2. The Kier molecular flexibility index (Phi) is 4.42. The number of fused-ring (bicyclic) bond motifs is 1. The van der Waals surface area contributed by atoms with Crippen molar-refractivity contribution < 1.29 is 13.2 Å². The van der Waals surface area contributed by atoms with Crippen molar-refractivity contribution in [2.75, 3.05) is 24.3 Å². The number of benzene rings is 1. The lowest BCUT2D eigenvalue weighted by Crippen LogP contribution is -2.38. The Balaban J connectivity index is 1.60. The SMILES string of the molecule is CN(C(=O)CSc1nc2ccccc2s1)[C@@H]1CCS(=O)(=O)C1. The Morgan fingerprint density at radius 3 is 2.91 bits per heavy atom. The summed E-state index contributed by atoms with van der Waals surface area (Å²) in [7, 11) is -1.28. The van der Waals surface area contributed by atoms with Gasteiger partial charge in [0, 0.05) is 13.1 Å². The molecule has 1 aromatic heterocycles. The molecule has 0 bridgehead atoms. The highest BCUT2D eigenvalue weighted by Crippen LogP contribution is 2.29. The number of thiazole rings is 1. The van der Waals surface area contributed by atoms with Crippen LogP contribution in [0.3, 0.4) is 0 Å². The molecule has 1 aliphatic rings. The molecule has 1 aromatic carbocycles. The van der Waals surface area contributed by atoms with Crippen molar-refractivity contribution >= 4 is 49.1 Å². The van der Waals surface area contributed by atoms with Crippen molar-refractivity contribution in [2.24, 2.45) is 0 Å². The molecular formula is C14H16N2O3S3. The first-order chi connectivity index (χ1) is 10.4. The third-order valence-electron chi connectivity index (χ3n) is 3.74. The molecule has 118 valence electrons. The molecule has 0 N–H and O–H groups in total. The van der Waals surface area contributed by atoms with Crippen LogP contribution in [0.4, 0.5) is 0 Å². The van der Waals surface area contributed by atoms with Gasteiger partial charge in [0.2, 0.25) is 5.91 Å². The summed E-state index contributed by atoms with van der Waals surface area (Å²) in [6, 6.07) is 7.68. The van der Waals surface area contributed by atoms with Crippen LogP contribution in [0.2, 0.25) is 0 Å². The molecule has 1 amide bonds. The van der Waals surface area contributed by atoms with E-state index in [1.165, 1.54) is 11.8 Å². The van der Waals surface area contributed by atoms with Gasteiger partial charge in [-0.15, -0.1) is 11.3 Å². The van der Waals surface area contributed by atoms with Gasteiger partial charge in [-0.25, -0.2) is 13.4 Å². The summed E-state index contributed by atoms with van der Waals surface area (Å²) >= 11 is 2.98. The Hall–Kier alpha value is -1.12. The summed E-state index contributed by atoms with van der Waals surface area (Å²) in [6.07, 6.45) is 0.538. The van der Waals surface area contributed by atoms with Gasteiger partial charge in [-0.05, 0) is 18.6 Å². The summed E-state index contributed by atoms with van der Waals surface area (Å²) in [5, 5.41) is 0.